The maximum Gasteiger partial charge on any atom is 0.313 e. The van der Waals surface area contributed by atoms with E-state index in [9.17, 15) is 9.59 Å². The Morgan fingerprint density at radius 1 is 1.30 bits per heavy atom. The van der Waals surface area contributed by atoms with Gasteiger partial charge in [0.05, 0.1) is 12.8 Å². The van der Waals surface area contributed by atoms with Gasteiger partial charge in [0, 0.05) is 25.5 Å². The zero-order valence-corrected chi connectivity index (χ0v) is 13.2. The molecule has 122 valence electrons. The van der Waals surface area contributed by atoms with E-state index in [1.807, 2.05) is 25.3 Å². The molecule has 0 fully saturated rings. The number of carbonyl (C=O) groups excluding carboxylic acids is 2. The molecule has 0 aliphatic heterocycles. The molecule has 2 amide bonds. The molecule has 2 N–H and O–H groups in total. The lowest BCUT2D eigenvalue weighted by molar-refractivity contribution is -0.136. The highest BCUT2D eigenvalue weighted by molar-refractivity contribution is 6.39. The van der Waals surface area contributed by atoms with E-state index in [1.165, 1.54) is 7.11 Å². The first-order valence-corrected chi connectivity index (χ1v) is 7.31. The van der Waals surface area contributed by atoms with E-state index in [0.29, 0.717) is 30.9 Å². The van der Waals surface area contributed by atoms with Gasteiger partial charge in [0.15, 0.2) is 0 Å². The quantitative estimate of drug-likeness (QED) is 0.622. The van der Waals surface area contributed by atoms with Gasteiger partial charge in [-0.3, -0.25) is 14.3 Å². The Bertz CT molecular complexity index is 668. The van der Waals surface area contributed by atoms with Gasteiger partial charge in [-0.15, -0.1) is 0 Å². The first-order valence-electron chi connectivity index (χ1n) is 7.31. The average Bonchev–Trinajstić information content (AvgIpc) is 3.05. The van der Waals surface area contributed by atoms with Crippen molar-refractivity contribution in [1.29, 1.82) is 0 Å². The number of ether oxygens (including phenoxy) is 1. The van der Waals surface area contributed by atoms with Gasteiger partial charge in [-0.05, 0) is 37.1 Å². The summed E-state index contributed by atoms with van der Waals surface area (Å²) in [5.41, 5.74) is 1.44. The molecule has 23 heavy (non-hydrogen) atoms. The van der Waals surface area contributed by atoms with Crippen molar-refractivity contribution in [3.05, 3.63) is 42.2 Å². The summed E-state index contributed by atoms with van der Waals surface area (Å²) in [6.45, 7) is 2.97. The number of hydrogen-bond acceptors (Lipinski definition) is 4. The molecule has 0 bridgehead atoms. The van der Waals surface area contributed by atoms with Crippen molar-refractivity contribution in [2.45, 2.75) is 19.9 Å². The summed E-state index contributed by atoms with van der Waals surface area (Å²) in [6.07, 6.45) is 4.23. The zero-order valence-electron chi connectivity index (χ0n) is 13.2. The van der Waals surface area contributed by atoms with E-state index in [-0.39, 0.29) is 0 Å². The number of aryl methyl sites for hydroxylation is 2. The Labute approximate surface area is 134 Å². The molecule has 1 aromatic heterocycles. The van der Waals surface area contributed by atoms with Crippen LogP contribution in [0.2, 0.25) is 0 Å². The summed E-state index contributed by atoms with van der Waals surface area (Å²) in [7, 11) is 1.51. The Kier molecular flexibility index (Phi) is 5.74. The van der Waals surface area contributed by atoms with E-state index < -0.39 is 11.8 Å². The number of anilines is 1. The van der Waals surface area contributed by atoms with Gasteiger partial charge in [-0.1, -0.05) is 6.07 Å². The predicted octanol–water partition coefficient (Wildman–Crippen LogP) is 1.35. The van der Waals surface area contributed by atoms with Gasteiger partial charge >= 0.3 is 11.8 Å². The Morgan fingerprint density at radius 2 is 2.13 bits per heavy atom. The molecule has 1 aromatic carbocycles. The van der Waals surface area contributed by atoms with Crippen LogP contribution < -0.4 is 15.4 Å². The van der Waals surface area contributed by atoms with Crippen molar-refractivity contribution in [2.24, 2.45) is 0 Å². The molecule has 0 radical (unpaired) electrons. The number of aromatic nitrogens is 2. The number of amides is 2. The second-order valence-corrected chi connectivity index (χ2v) is 5.04. The minimum Gasteiger partial charge on any atom is -0.495 e. The number of carbonyl (C=O) groups is 2. The first kappa shape index (κ1) is 16.5. The van der Waals surface area contributed by atoms with Crippen LogP contribution in [0.25, 0.3) is 0 Å². The molecule has 2 aromatic rings. The van der Waals surface area contributed by atoms with Crippen LogP contribution in [-0.4, -0.2) is 35.2 Å². The molecule has 0 atom stereocenters. The van der Waals surface area contributed by atoms with Gasteiger partial charge in [0.2, 0.25) is 0 Å². The topological polar surface area (TPSA) is 85.2 Å². The minimum absolute atomic E-state index is 0.400. The third-order valence-corrected chi connectivity index (χ3v) is 3.22. The number of methoxy groups -OCH3 is 1. The fourth-order valence-electron chi connectivity index (χ4n) is 2.05. The molecule has 0 unspecified atom stereocenters. The van der Waals surface area contributed by atoms with Crippen LogP contribution in [0, 0.1) is 6.92 Å². The zero-order chi connectivity index (χ0) is 16.7. The number of nitrogens with zero attached hydrogens (tertiary/aromatic N) is 2. The lowest BCUT2D eigenvalue weighted by Crippen LogP contribution is -2.36. The lowest BCUT2D eigenvalue weighted by Gasteiger charge is -2.11. The molecule has 0 aliphatic rings. The normalized spacial score (nSPS) is 10.2. The summed E-state index contributed by atoms with van der Waals surface area (Å²) in [6, 6.07) is 7.19. The van der Waals surface area contributed by atoms with Crippen molar-refractivity contribution in [1.82, 2.24) is 15.1 Å². The number of nitrogens with one attached hydrogen (secondary N) is 2. The Balaban J connectivity index is 1.80. The first-order chi connectivity index (χ1) is 11.1. The van der Waals surface area contributed by atoms with E-state index in [2.05, 4.69) is 15.7 Å². The van der Waals surface area contributed by atoms with Crippen LogP contribution in [0.4, 0.5) is 5.69 Å². The molecule has 7 nitrogen and oxygen atoms in total. The number of rotatable bonds is 6. The third kappa shape index (κ3) is 4.84. The monoisotopic (exact) mass is 316 g/mol. The SMILES string of the molecule is COc1ccc(C)cc1NC(=O)C(=O)NCCCn1cccn1. The molecule has 0 aliphatic carbocycles. The van der Waals surface area contributed by atoms with Gasteiger partial charge in [0.1, 0.15) is 5.75 Å². The summed E-state index contributed by atoms with van der Waals surface area (Å²) < 4.78 is 6.93. The van der Waals surface area contributed by atoms with Crippen LogP contribution >= 0.6 is 0 Å². The number of benzene rings is 1. The minimum atomic E-state index is -0.715. The van der Waals surface area contributed by atoms with Crippen molar-refractivity contribution < 1.29 is 14.3 Å². The van der Waals surface area contributed by atoms with E-state index >= 15 is 0 Å². The molecule has 0 saturated heterocycles. The fourth-order valence-corrected chi connectivity index (χ4v) is 2.05. The van der Waals surface area contributed by atoms with Gasteiger partial charge in [-0.25, -0.2) is 0 Å². The summed E-state index contributed by atoms with van der Waals surface area (Å²) in [4.78, 5) is 23.7. The molecular formula is C16H20N4O3. The molecule has 7 heteroatoms. The van der Waals surface area contributed by atoms with Crippen LogP contribution in [0.5, 0.6) is 5.75 Å². The Hall–Kier alpha value is -2.83. The van der Waals surface area contributed by atoms with Crippen LogP contribution in [0.15, 0.2) is 36.7 Å². The van der Waals surface area contributed by atoms with Gasteiger partial charge < -0.3 is 15.4 Å². The summed E-state index contributed by atoms with van der Waals surface area (Å²) in [5, 5.41) is 9.21. The van der Waals surface area contributed by atoms with E-state index in [1.54, 1.807) is 23.0 Å². The van der Waals surface area contributed by atoms with Crippen LogP contribution in [-0.2, 0) is 16.1 Å². The molecular weight excluding hydrogens is 296 g/mol. The van der Waals surface area contributed by atoms with Gasteiger partial charge in [0.25, 0.3) is 0 Å². The Morgan fingerprint density at radius 3 is 2.83 bits per heavy atom. The standard InChI is InChI=1S/C16H20N4O3/c1-12-5-6-14(23-2)13(11-12)19-16(22)15(21)17-7-3-9-20-10-4-8-18-20/h4-6,8,10-11H,3,7,9H2,1-2H3,(H,17,21)(H,19,22). The predicted molar refractivity (Wildman–Crippen MR) is 86.2 cm³/mol. The average molecular weight is 316 g/mol. The molecule has 0 saturated carbocycles. The maximum absolute atomic E-state index is 11.9. The van der Waals surface area contributed by atoms with Crippen LogP contribution in [0.1, 0.15) is 12.0 Å². The summed E-state index contributed by atoms with van der Waals surface area (Å²) in [5.74, 6) is -0.877. The van der Waals surface area contributed by atoms with E-state index in [0.717, 1.165) is 5.56 Å². The second-order valence-electron chi connectivity index (χ2n) is 5.04. The molecule has 2 rings (SSSR count). The van der Waals surface area contributed by atoms with Gasteiger partial charge in [-0.2, -0.15) is 5.10 Å². The molecule has 1 heterocycles. The smallest absolute Gasteiger partial charge is 0.313 e. The fraction of sp³-hybridized carbons (Fsp3) is 0.312. The largest absolute Gasteiger partial charge is 0.495 e. The van der Waals surface area contributed by atoms with E-state index in [4.69, 9.17) is 4.74 Å². The van der Waals surface area contributed by atoms with Crippen molar-refractivity contribution in [3.63, 3.8) is 0 Å². The number of hydrogen-bond donors (Lipinski definition) is 2. The van der Waals surface area contributed by atoms with Crippen molar-refractivity contribution in [3.8, 4) is 5.75 Å². The molecule has 0 spiro atoms. The second kappa shape index (κ2) is 7.98. The lowest BCUT2D eigenvalue weighted by atomic mass is 10.2. The highest BCUT2D eigenvalue weighted by atomic mass is 16.5. The van der Waals surface area contributed by atoms with Crippen molar-refractivity contribution in [2.75, 3.05) is 19.0 Å². The van der Waals surface area contributed by atoms with Crippen molar-refractivity contribution >= 4 is 17.5 Å². The maximum atomic E-state index is 11.9. The third-order valence-electron chi connectivity index (χ3n) is 3.22. The highest BCUT2D eigenvalue weighted by Gasteiger charge is 2.15. The van der Waals surface area contributed by atoms with Crippen LogP contribution in [0.3, 0.4) is 0 Å². The highest BCUT2D eigenvalue weighted by Crippen LogP contribution is 2.24. The summed E-state index contributed by atoms with van der Waals surface area (Å²) >= 11 is 0.